The average Bonchev–Trinajstić information content (AvgIpc) is 2.48. The fraction of sp³-hybridized carbons (Fsp3) is 0.0625. The Hall–Kier alpha value is -2.46. The molecule has 21 heavy (non-hydrogen) atoms. The summed E-state index contributed by atoms with van der Waals surface area (Å²) in [6.07, 6.45) is 1.59. The van der Waals surface area contributed by atoms with Crippen LogP contribution in [0.3, 0.4) is 0 Å². The molecular weight excluding hydrogens is 292 g/mol. The van der Waals surface area contributed by atoms with E-state index < -0.39 is 0 Å². The summed E-state index contributed by atoms with van der Waals surface area (Å²) in [5.41, 5.74) is 1.47. The van der Waals surface area contributed by atoms with Crippen LogP contribution in [0.4, 0.5) is 0 Å². The Kier molecular flexibility index (Phi) is 3.31. The number of carbonyl (C=O) groups is 1. The first-order valence-electron chi connectivity index (χ1n) is 6.25. The number of Topliss-reactive ketones (excluding diaryl/α,β-unsaturated/α-hetero) is 1. The minimum atomic E-state index is -0.379. The molecule has 0 saturated heterocycles. The Morgan fingerprint density at radius 3 is 2.71 bits per heavy atom. The van der Waals surface area contributed by atoms with Gasteiger partial charge >= 0.3 is 0 Å². The van der Waals surface area contributed by atoms with Crippen molar-refractivity contribution in [2.75, 3.05) is 6.61 Å². The number of phenols is 2. The molecule has 4 nitrogen and oxygen atoms in total. The highest BCUT2D eigenvalue weighted by molar-refractivity contribution is 6.32. The summed E-state index contributed by atoms with van der Waals surface area (Å²) < 4.78 is 5.53. The third kappa shape index (κ3) is 2.45. The van der Waals surface area contributed by atoms with Crippen molar-refractivity contribution < 1.29 is 19.7 Å². The first-order chi connectivity index (χ1) is 10.1. The number of ether oxygens (including phenoxy) is 1. The predicted molar refractivity (Wildman–Crippen MR) is 79.0 cm³/mol. The Morgan fingerprint density at radius 1 is 1.19 bits per heavy atom. The highest BCUT2D eigenvalue weighted by Crippen LogP contribution is 2.35. The molecule has 0 radical (unpaired) electrons. The van der Waals surface area contributed by atoms with Crippen LogP contribution in [0.1, 0.15) is 15.9 Å². The van der Waals surface area contributed by atoms with Gasteiger partial charge in [-0.25, -0.2) is 0 Å². The standard InChI is InChI=1S/C16H11ClO4/c17-12-6-9(7-13(18)16(12)20)5-10-8-21-14-4-2-1-3-11(14)15(10)19/h1-7,18,20H,8H2/b10-5+. The molecule has 3 rings (SSSR count). The maximum Gasteiger partial charge on any atom is 0.196 e. The van der Waals surface area contributed by atoms with E-state index in [1.165, 1.54) is 12.1 Å². The fourth-order valence-electron chi connectivity index (χ4n) is 2.17. The van der Waals surface area contributed by atoms with Crippen molar-refractivity contribution in [2.45, 2.75) is 0 Å². The molecule has 0 spiro atoms. The quantitative estimate of drug-likeness (QED) is 0.626. The molecule has 106 valence electrons. The SMILES string of the molecule is O=C1/C(=C/c2cc(O)c(O)c(Cl)c2)COc2ccccc21. The van der Waals surface area contributed by atoms with Gasteiger partial charge in [0.1, 0.15) is 12.4 Å². The molecule has 1 aliphatic heterocycles. The Bertz CT molecular complexity index is 742. The summed E-state index contributed by atoms with van der Waals surface area (Å²) in [5, 5.41) is 19.0. The summed E-state index contributed by atoms with van der Waals surface area (Å²) in [6, 6.07) is 9.82. The number of halogens is 1. The number of para-hydroxylation sites is 1. The molecule has 0 saturated carbocycles. The van der Waals surface area contributed by atoms with E-state index in [-0.39, 0.29) is 28.9 Å². The second kappa shape index (κ2) is 5.14. The molecule has 1 heterocycles. The number of carbonyl (C=O) groups excluding carboxylic acids is 1. The van der Waals surface area contributed by atoms with Crippen molar-refractivity contribution in [1.29, 1.82) is 0 Å². The minimum absolute atomic E-state index is 0.0198. The zero-order valence-corrected chi connectivity index (χ0v) is 11.6. The predicted octanol–water partition coefficient (Wildman–Crippen LogP) is 3.41. The van der Waals surface area contributed by atoms with E-state index in [9.17, 15) is 15.0 Å². The lowest BCUT2D eigenvalue weighted by atomic mass is 9.98. The number of hydrogen-bond donors (Lipinski definition) is 2. The van der Waals surface area contributed by atoms with Crippen LogP contribution in [-0.2, 0) is 0 Å². The molecule has 1 aliphatic rings. The first kappa shape index (κ1) is 13.5. The van der Waals surface area contributed by atoms with Crippen LogP contribution in [0.2, 0.25) is 5.02 Å². The molecule has 0 fully saturated rings. The van der Waals surface area contributed by atoms with E-state index in [2.05, 4.69) is 0 Å². The monoisotopic (exact) mass is 302 g/mol. The van der Waals surface area contributed by atoms with E-state index in [0.29, 0.717) is 22.4 Å². The van der Waals surface area contributed by atoms with Crippen LogP contribution in [-0.4, -0.2) is 22.6 Å². The number of phenolic OH excluding ortho intramolecular Hbond substituents is 2. The van der Waals surface area contributed by atoms with Gasteiger partial charge in [0.05, 0.1) is 10.6 Å². The smallest absolute Gasteiger partial charge is 0.196 e. The minimum Gasteiger partial charge on any atom is -0.504 e. The van der Waals surface area contributed by atoms with Gasteiger partial charge in [0.15, 0.2) is 17.3 Å². The van der Waals surface area contributed by atoms with Gasteiger partial charge in [0, 0.05) is 5.57 Å². The van der Waals surface area contributed by atoms with Crippen molar-refractivity contribution in [2.24, 2.45) is 0 Å². The van der Waals surface area contributed by atoms with Gasteiger partial charge in [-0.3, -0.25) is 4.79 Å². The van der Waals surface area contributed by atoms with Gasteiger partial charge in [-0.1, -0.05) is 23.7 Å². The molecule has 2 aromatic carbocycles. The molecular formula is C16H11ClO4. The number of benzene rings is 2. The lowest BCUT2D eigenvalue weighted by molar-refractivity contribution is 0.100. The number of aromatic hydroxyl groups is 2. The normalized spacial score (nSPS) is 15.7. The maximum absolute atomic E-state index is 12.4. The number of rotatable bonds is 1. The van der Waals surface area contributed by atoms with E-state index in [4.69, 9.17) is 16.3 Å². The molecule has 2 N–H and O–H groups in total. The van der Waals surface area contributed by atoms with Crippen molar-refractivity contribution in [3.05, 3.63) is 58.1 Å². The van der Waals surface area contributed by atoms with Crippen LogP contribution in [0.15, 0.2) is 42.0 Å². The molecule has 0 atom stereocenters. The third-order valence-corrected chi connectivity index (χ3v) is 3.50. The Labute approximate surface area is 125 Å². The lowest BCUT2D eigenvalue weighted by Crippen LogP contribution is -2.18. The topological polar surface area (TPSA) is 66.8 Å². The van der Waals surface area contributed by atoms with Crippen LogP contribution < -0.4 is 4.74 Å². The fourth-order valence-corrected chi connectivity index (χ4v) is 2.39. The van der Waals surface area contributed by atoms with Crippen LogP contribution in [0.5, 0.6) is 17.2 Å². The zero-order chi connectivity index (χ0) is 15.0. The molecule has 0 aliphatic carbocycles. The summed E-state index contributed by atoms with van der Waals surface area (Å²) in [5.74, 6) is -0.277. The largest absolute Gasteiger partial charge is 0.504 e. The van der Waals surface area contributed by atoms with E-state index in [1.807, 2.05) is 0 Å². The highest BCUT2D eigenvalue weighted by atomic mass is 35.5. The zero-order valence-electron chi connectivity index (χ0n) is 10.8. The van der Waals surface area contributed by atoms with Gasteiger partial charge in [0.2, 0.25) is 0 Å². The maximum atomic E-state index is 12.4. The van der Waals surface area contributed by atoms with Crippen molar-refractivity contribution >= 4 is 23.5 Å². The van der Waals surface area contributed by atoms with Crippen molar-refractivity contribution in [3.8, 4) is 17.2 Å². The van der Waals surface area contributed by atoms with Crippen LogP contribution in [0.25, 0.3) is 6.08 Å². The van der Waals surface area contributed by atoms with E-state index >= 15 is 0 Å². The first-order valence-corrected chi connectivity index (χ1v) is 6.62. The average molecular weight is 303 g/mol. The third-order valence-electron chi connectivity index (χ3n) is 3.21. The van der Waals surface area contributed by atoms with E-state index in [1.54, 1.807) is 30.3 Å². The summed E-state index contributed by atoms with van der Waals surface area (Å²) in [6.45, 7) is 0.148. The lowest BCUT2D eigenvalue weighted by Gasteiger charge is -2.18. The van der Waals surface area contributed by atoms with E-state index in [0.717, 1.165) is 0 Å². The molecule has 2 aromatic rings. The molecule has 0 unspecified atom stereocenters. The summed E-state index contributed by atoms with van der Waals surface area (Å²) >= 11 is 5.80. The van der Waals surface area contributed by atoms with Gasteiger partial charge in [-0.15, -0.1) is 0 Å². The Morgan fingerprint density at radius 2 is 1.95 bits per heavy atom. The van der Waals surface area contributed by atoms with Gasteiger partial charge in [-0.2, -0.15) is 0 Å². The molecule has 0 amide bonds. The van der Waals surface area contributed by atoms with Gasteiger partial charge < -0.3 is 14.9 Å². The number of hydrogen-bond acceptors (Lipinski definition) is 4. The van der Waals surface area contributed by atoms with Gasteiger partial charge in [0.25, 0.3) is 0 Å². The molecule has 0 aromatic heterocycles. The van der Waals surface area contributed by atoms with Crippen LogP contribution in [0, 0.1) is 0 Å². The second-order valence-corrected chi connectivity index (χ2v) is 5.06. The summed E-state index contributed by atoms with van der Waals surface area (Å²) in [4.78, 5) is 12.4. The van der Waals surface area contributed by atoms with Crippen molar-refractivity contribution in [3.63, 3.8) is 0 Å². The highest BCUT2D eigenvalue weighted by Gasteiger charge is 2.22. The molecule has 5 heteroatoms. The Balaban J connectivity index is 2.00. The van der Waals surface area contributed by atoms with Crippen molar-refractivity contribution in [1.82, 2.24) is 0 Å². The molecule has 0 bridgehead atoms. The second-order valence-electron chi connectivity index (χ2n) is 4.65. The van der Waals surface area contributed by atoms with Gasteiger partial charge in [-0.05, 0) is 35.9 Å². The summed E-state index contributed by atoms with van der Waals surface area (Å²) in [7, 11) is 0. The van der Waals surface area contributed by atoms with Crippen LogP contribution >= 0.6 is 11.6 Å². The number of ketones is 1. The number of fused-ring (bicyclic) bond motifs is 1.